The van der Waals surface area contributed by atoms with Crippen LogP contribution >= 0.6 is 12.2 Å². The second-order valence-electron chi connectivity index (χ2n) is 12.4. The second kappa shape index (κ2) is 8.92. The molecule has 4 aliphatic carbocycles. The Morgan fingerprint density at radius 3 is 2.46 bits per heavy atom. The van der Waals surface area contributed by atoms with Crippen molar-refractivity contribution in [2.45, 2.75) is 69.7 Å². The molecular weight excluding hydrogens is 448 g/mol. The smallest absolute Gasteiger partial charge is 0.169 e. The van der Waals surface area contributed by atoms with Crippen molar-refractivity contribution in [2.24, 2.45) is 17.8 Å². The molecule has 4 bridgehead atoms. The van der Waals surface area contributed by atoms with E-state index < -0.39 is 0 Å². The summed E-state index contributed by atoms with van der Waals surface area (Å²) in [5, 5.41) is 6.35. The molecule has 2 N–H and O–H groups in total. The largest absolute Gasteiger partial charge is 0.361 e. The molecule has 1 aromatic carbocycles. The normalized spacial score (nSPS) is 32.4. The topological polar surface area (TPSA) is 34.3 Å². The van der Waals surface area contributed by atoms with Crippen molar-refractivity contribution in [1.82, 2.24) is 20.1 Å². The number of thiocarbonyl (C=S) groups is 1. The van der Waals surface area contributed by atoms with E-state index in [4.69, 9.17) is 12.2 Å². The molecule has 4 saturated carbocycles. The third-order valence-electron chi connectivity index (χ3n) is 9.94. The van der Waals surface area contributed by atoms with Crippen LogP contribution in [0.3, 0.4) is 0 Å². The van der Waals surface area contributed by atoms with Crippen molar-refractivity contribution in [3.63, 3.8) is 0 Å². The van der Waals surface area contributed by atoms with Crippen molar-refractivity contribution in [2.75, 3.05) is 32.7 Å². The quantitative estimate of drug-likeness (QED) is 0.526. The van der Waals surface area contributed by atoms with Gasteiger partial charge in [-0.1, -0.05) is 12.1 Å². The van der Waals surface area contributed by atoms with Gasteiger partial charge in [-0.15, -0.1) is 0 Å². The number of hydrogen-bond acceptors (Lipinski definition) is 2. The van der Waals surface area contributed by atoms with Crippen LogP contribution in [0.5, 0.6) is 0 Å². The first-order chi connectivity index (χ1) is 17.1. The van der Waals surface area contributed by atoms with Gasteiger partial charge in [-0.3, -0.25) is 0 Å². The second-order valence-corrected chi connectivity index (χ2v) is 12.8. The van der Waals surface area contributed by atoms with E-state index in [1.807, 2.05) is 0 Å². The summed E-state index contributed by atoms with van der Waals surface area (Å²) in [7, 11) is 0. The van der Waals surface area contributed by atoms with Gasteiger partial charge in [0.2, 0.25) is 0 Å². The number of aromatic amines is 1. The Labute approximate surface area is 215 Å². The lowest BCUT2D eigenvalue weighted by Gasteiger charge is -2.57. The first-order valence-electron chi connectivity index (χ1n) is 14.2. The van der Waals surface area contributed by atoms with Crippen molar-refractivity contribution < 1.29 is 0 Å². The van der Waals surface area contributed by atoms with E-state index in [0.717, 1.165) is 48.8 Å². The van der Waals surface area contributed by atoms with E-state index in [1.165, 1.54) is 98.6 Å². The Morgan fingerprint density at radius 1 is 1.03 bits per heavy atom. The number of fused-ring (bicyclic) bond motifs is 1. The molecule has 5 fully saturated rings. The molecule has 2 aliphatic heterocycles. The van der Waals surface area contributed by atoms with Gasteiger partial charge in [0.25, 0.3) is 0 Å². The van der Waals surface area contributed by atoms with Gasteiger partial charge in [0.05, 0.1) is 0 Å². The van der Waals surface area contributed by atoms with Crippen LogP contribution in [0.2, 0.25) is 0 Å². The Bertz CT molecular complexity index is 1110. The average Bonchev–Trinajstić information content (AvgIpc) is 3.51. The zero-order valence-corrected chi connectivity index (χ0v) is 21.8. The van der Waals surface area contributed by atoms with Crippen LogP contribution in [0.15, 0.2) is 30.5 Å². The van der Waals surface area contributed by atoms with E-state index in [9.17, 15) is 0 Å². The van der Waals surface area contributed by atoms with Crippen molar-refractivity contribution in [1.29, 1.82) is 0 Å². The maximum Gasteiger partial charge on any atom is 0.169 e. The molecule has 6 aliphatic rings. The molecule has 35 heavy (non-hydrogen) atoms. The molecule has 2 aromatic rings. The number of rotatable bonds is 5. The molecule has 1 aromatic heterocycles. The third-order valence-corrected chi connectivity index (χ3v) is 10.3. The van der Waals surface area contributed by atoms with Crippen LogP contribution in [0.4, 0.5) is 0 Å². The van der Waals surface area contributed by atoms with Crippen LogP contribution in [-0.4, -0.2) is 58.2 Å². The highest BCUT2D eigenvalue weighted by Gasteiger charge is 2.51. The lowest BCUT2D eigenvalue weighted by molar-refractivity contribution is -0.0111. The van der Waals surface area contributed by atoms with Crippen LogP contribution in [-0.2, 0) is 6.42 Å². The highest BCUT2D eigenvalue weighted by atomic mass is 32.1. The molecule has 0 radical (unpaired) electrons. The lowest BCUT2D eigenvalue weighted by atomic mass is 9.53. The summed E-state index contributed by atoms with van der Waals surface area (Å²) in [6.45, 7) is 5.69. The Kier molecular flexibility index (Phi) is 5.70. The molecule has 0 unspecified atom stereocenters. The standard InChI is InChI=1S/C30H40N4S/c35-29(32-30-17-21-13-22(18-30)15-23(14-21)19-30)34-11-6-24(7-12-34)25-3-4-28-27(16-25)26(20-31-28)5-10-33-8-1-2-9-33/h3-4,6,16,20-23,31H,1-2,5,7-15,17-19H2,(H,32,35). The fourth-order valence-corrected chi connectivity index (χ4v) is 8.94. The Morgan fingerprint density at radius 2 is 1.77 bits per heavy atom. The van der Waals surface area contributed by atoms with Gasteiger partial charge in [-0.05, 0) is 136 Å². The fourth-order valence-electron chi connectivity index (χ4n) is 8.56. The minimum Gasteiger partial charge on any atom is -0.361 e. The summed E-state index contributed by atoms with van der Waals surface area (Å²) in [6, 6.07) is 7.01. The fraction of sp³-hybridized carbons (Fsp3) is 0.633. The summed E-state index contributed by atoms with van der Waals surface area (Å²) in [5.41, 5.74) is 5.91. The first-order valence-corrected chi connectivity index (χ1v) is 14.6. The number of benzene rings is 1. The summed E-state index contributed by atoms with van der Waals surface area (Å²) >= 11 is 5.99. The molecule has 8 rings (SSSR count). The summed E-state index contributed by atoms with van der Waals surface area (Å²) < 4.78 is 0. The molecule has 1 saturated heterocycles. The zero-order valence-electron chi connectivity index (χ0n) is 21.0. The van der Waals surface area contributed by atoms with Crippen LogP contribution in [0, 0.1) is 17.8 Å². The van der Waals surface area contributed by atoms with Gasteiger partial charge in [0.1, 0.15) is 0 Å². The van der Waals surface area contributed by atoms with Gasteiger partial charge in [-0.25, -0.2) is 0 Å². The number of nitrogens with zero attached hydrogens (tertiary/aromatic N) is 2. The van der Waals surface area contributed by atoms with Gasteiger partial charge in [0, 0.05) is 42.3 Å². The molecule has 4 nitrogen and oxygen atoms in total. The van der Waals surface area contributed by atoms with Gasteiger partial charge in [0.15, 0.2) is 5.11 Å². The minimum atomic E-state index is 0.306. The molecule has 0 amide bonds. The van der Waals surface area contributed by atoms with E-state index in [-0.39, 0.29) is 0 Å². The monoisotopic (exact) mass is 488 g/mol. The number of likely N-dealkylation sites (tertiary alicyclic amines) is 1. The van der Waals surface area contributed by atoms with Crippen molar-refractivity contribution in [3.05, 3.63) is 41.6 Å². The molecule has 0 spiro atoms. The Balaban J connectivity index is 1.01. The highest BCUT2D eigenvalue weighted by Crippen LogP contribution is 2.55. The predicted octanol–water partition coefficient (Wildman–Crippen LogP) is 5.74. The zero-order chi connectivity index (χ0) is 23.4. The van der Waals surface area contributed by atoms with E-state index in [2.05, 4.69) is 50.6 Å². The molecule has 0 atom stereocenters. The number of nitrogens with one attached hydrogen (secondary N) is 2. The maximum atomic E-state index is 5.99. The molecule has 5 heteroatoms. The van der Waals surface area contributed by atoms with Gasteiger partial charge < -0.3 is 20.1 Å². The van der Waals surface area contributed by atoms with Crippen molar-refractivity contribution >= 4 is 33.8 Å². The summed E-state index contributed by atoms with van der Waals surface area (Å²) in [5.74, 6) is 2.86. The number of H-pyrrole nitrogens is 1. The Hall–Kier alpha value is -1.85. The molecular formula is C30H40N4S. The molecule has 186 valence electrons. The maximum absolute atomic E-state index is 5.99. The van der Waals surface area contributed by atoms with Crippen LogP contribution < -0.4 is 5.32 Å². The van der Waals surface area contributed by atoms with Gasteiger partial charge >= 0.3 is 0 Å². The SMILES string of the molecule is S=C(NC12CC3CC(CC(C3)C1)C2)N1CC=C(c2ccc3[nH]cc(CCN4CCCC4)c3c2)CC1. The van der Waals surface area contributed by atoms with E-state index >= 15 is 0 Å². The summed E-state index contributed by atoms with van der Waals surface area (Å²) in [6.07, 6.45) is 18.1. The van der Waals surface area contributed by atoms with Crippen LogP contribution in [0.25, 0.3) is 16.5 Å². The number of aromatic nitrogens is 1. The molecule has 3 heterocycles. The first kappa shape index (κ1) is 22.4. The highest BCUT2D eigenvalue weighted by molar-refractivity contribution is 7.80. The summed E-state index contributed by atoms with van der Waals surface area (Å²) in [4.78, 5) is 8.53. The van der Waals surface area contributed by atoms with E-state index in [0.29, 0.717) is 5.54 Å². The van der Waals surface area contributed by atoms with Gasteiger partial charge in [-0.2, -0.15) is 0 Å². The average molecular weight is 489 g/mol. The lowest BCUT2D eigenvalue weighted by Crippen LogP contribution is -2.62. The predicted molar refractivity (Wildman–Crippen MR) is 148 cm³/mol. The van der Waals surface area contributed by atoms with Crippen LogP contribution in [0.1, 0.15) is 68.9 Å². The van der Waals surface area contributed by atoms with Crippen molar-refractivity contribution in [3.8, 4) is 0 Å². The third kappa shape index (κ3) is 4.33. The van der Waals surface area contributed by atoms with E-state index in [1.54, 1.807) is 0 Å². The number of hydrogen-bond donors (Lipinski definition) is 2. The minimum absolute atomic E-state index is 0.306.